The third kappa shape index (κ3) is 6.32. The lowest BCUT2D eigenvalue weighted by atomic mass is 9.81. The summed E-state index contributed by atoms with van der Waals surface area (Å²) in [5.41, 5.74) is 10.2. The minimum Gasteiger partial charge on any atom is -0.444 e. The molecule has 0 radical (unpaired) electrons. The van der Waals surface area contributed by atoms with Crippen LogP contribution < -0.4 is 10.2 Å². The number of alkyl carbamates (subject to hydrolysis) is 1. The molecule has 2 heterocycles. The van der Waals surface area contributed by atoms with Gasteiger partial charge in [0.05, 0.1) is 11.1 Å². The molecule has 0 fully saturated rings. The predicted molar refractivity (Wildman–Crippen MR) is 188 cm³/mol. The zero-order valence-electron chi connectivity index (χ0n) is 28.9. The molecule has 238 valence electrons. The van der Waals surface area contributed by atoms with Crippen molar-refractivity contribution in [3.63, 3.8) is 0 Å². The first kappa shape index (κ1) is 32.5. The number of carbonyl (C=O) groups excluding carboxylic acids is 1. The Labute approximate surface area is 271 Å². The maximum atomic E-state index is 13.1. The standard InChI is InChI=1S/C40H51N3O2/c1-10-26-42-32-18-14-12-16-30(32)39(6,7)34(42)24-22-28-20-21-29(36(28)41-37(44)45-38(3,4)5)23-25-35-40(8,9)31-17-13-15-19-33(31)43(35)27-11-2/h12-19,22-25H,10-11,20-21,26-27H2,1-9H3/p+1. The second kappa shape index (κ2) is 12.5. The summed E-state index contributed by atoms with van der Waals surface area (Å²) in [5, 5.41) is 3.17. The summed E-state index contributed by atoms with van der Waals surface area (Å²) in [6.45, 7) is 21.3. The number of nitrogens with zero attached hydrogens (tertiary/aromatic N) is 2. The number of hydrogen-bond acceptors (Lipinski definition) is 3. The molecule has 0 bridgehead atoms. The molecule has 0 saturated heterocycles. The topological polar surface area (TPSA) is 44.6 Å². The largest absolute Gasteiger partial charge is 0.444 e. The van der Waals surface area contributed by atoms with Crippen LogP contribution in [0.2, 0.25) is 0 Å². The van der Waals surface area contributed by atoms with Crippen LogP contribution >= 0.6 is 0 Å². The fourth-order valence-electron chi connectivity index (χ4n) is 7.20. The van der Waals surface area contributed by atoms with E-state index in [1.54, 1.807) is 0 Å². The average molecular weight is 607 g/mol. The molecular weight excluding hydrogens is 554 g/mol. The Hall–Kier alpha value is -3.86. The minimum atomic E-state index is -0.582. The van der Waals surface area contributed by atoms with Gasteiger partial charge in [0.1, 0.15) is 12.1 Å². The average Bonchev–Trinajstić information content (AvgIpc) is 3.52. The van der Waals surface area contributed by atoms with E-state index in [0.29, 0.717) is 0 Å². The number of rotatable bonds is 8. The molecule has 1 N–H and O–H groups in total. The first-order valence-corrected chi connectivity index (χ1v) is 16.7. The Morgan fingerprint density at radius 3 is 2.29 bits per heavy atom. The molecule has 2 aromatic rings. The molecule has 0 aromatic heterocycles. The summed E-state index contributed by atoms with van der Waals surface area (Å²) in [5.74, 6) is 0. The van der Waals surface area contributed by atoms with Gasteiger partial charge in [0.25, 0.3) is 0 Å². The van der Waals surface area contributed by atoms with Crippen molar-refractivity contribution >= 4 is 23.2 Å². The van der Waals surface area contributed by atoms with Crippen molar-refractivity contribution in [1.82, 2.24) is 5.32 Å². The Balaban J connectivity index is 1.56. The quantitative estimate of drug-likeness (QED) is 0.304. The van der Waals surface area contributed by atoms with E-state index in [-0.39, 0.29) is 10.8 Å². The van der Waals surface area contributed by atoms with Crippen molar-refractivity contribution in [3.05, 3.63) is 107 Å². The van der Waals surface area contributed by atoms with Crippen LogP contribution in [-0.4, -0.2) is 35.1 Å². The van der Waals surface area contributed by atoms with Gasteiger partial charge >= 0.3 is 6.09 Å². The number of para-hydroxylation sites is 2. The fraction of sp³-hybridized carbons (Fsp3) is 0.450. The van der Waals surface area contributed by atoms with Crippen molar-refractivity contribution in [1.29, 1.82) is 0 Å². The Morgan fingerprint density at radius 2 is 1.60 bits per heavy atom. The third-order valence-electron chi connectivity index (χ3n) is 9.31. The van der Waals surface area contributed by atoms with Gasteiger partial charge in [0, 0.05) is 47.5 Å². The number of amides is 1. The summed E-state index contributed by atoms with van der Waals surface area (Å²) < 4.78 is 8.19. The van der Waals surface area contributed by atoms with Gasteiger partial charge in [-0.15, -0.1) is 0 Å². The highest BCUT2D eigenvalue weighted by molar-refractivity contribution is 6.03. The minimum absolute atomic E-state index is 0.116. The molecule has 0 spiro atoms. The van der Waals surface area contributed by atoms with E-state index in [9.17, 15) is 4.79 Å². The molecule has 0 saturated carbocycles. The fourth-order valence-corrected chi connectivity index (χ4v) is 7.20. The lowest BCUT2D eigenvalue weighted by molar-refractivity contribution is -0.437. The van der Waals surface area contributed by atoms with Crippen LogP contribution in [0.4, 0.5) is 16.2 Å². The predicted octanol–water partition coefficient (Wildman–Crippen LogP) is 9.62. The molecular formula is C40H52N3O2+. The smallest absolute Gasteiger partial charge is 0.412 e. The molecule has 5 nitrogen and oxygen atoms in total. The Morgan fingerprint density at radius 1 is 0.911 bits per heavy atom. The maximum Gasteiger partial charge on any atom is 0.412 e. The van der Waals surface area contributed by atoms with E-state index in [0.717, 1.165) is 55.6 Å². The molecule has 0 atom stereocenters. The van der Waals surface area contributed by atoms with Gasteiger partial charge in [-0.1, -0.05) is 76.2 Å². The first-order chi connectivity index (χ1) is 21.3. The molecule has 3 aliphatic rings. The number of benzene rings is 2. The molecule has 5 rings (SSSR count). The normalized spacial score (nSPS) is 20.5. The van der Waals surface area contributed by atoms with Gasteiger partial charge < -0.3 is 9.64 Å². The van der Waals surface area contributed by atoms with E-state index < -0.39 is 11.7 Å². The lowest BCUT2D eigenvalue weighted by Crippen LogP contribution is -2.32. The van der Waals surface area contributed by atoms with Gasteiger partial charge in [-0.05, 0) is 82.7 Å². The van der Waals surface area contributed by atoms with E-state index in [4.69, 9.17) is 4.74 Å². The highest BCUT2D eigenvalue weighted by atomic mass is 16.6. The molecule has 2 aliphatic heterocycles. The number of hydrogen-bond donors (Lipinski definition) is 1. The summed E-state index contributed by atoms with van der Waals surface area (Å²) in [7, 11) is 0. The molecule has 1 aliphatic carbocycles. The number of anilines is 1. The van der Waals surface area contributed by atoms with E-state index in [1.165, 1.54) is 33.9 Å². The SMILES string of the molecule is CCCN1C(=CC=C2CCC(C=CC3=[N+](CCC)c4ccccc4C3(C)C)=C2NC(=O)OC(C)(C)C)C(C)(C)c2ccccc21. The van der Waals surface area contributed by atoms with Crippen LogP contribution in [-0.2, 0) is 15.6 Å². The molecule has 45 heavy (non-hydrogen) atoms. The Kier molecular flexibility index (Phi) is 9.04. The van der Waals surface area contributed by atoms with Crippen molar-refractivity contribution in [2.45, 2.75) is 104 Å². The van der Waals surface area contributed by atoms with Crippen molar-refractivity contribution in [2.24, 2.45) is 0 Å². The van der Waals surface area contributed by atoms with Gasteiger partial charge in [0.15, 0.2) is 5.71 Å². The highest BCUT2D eigenvalue weighted by Gasteiger charge is 2.44. The summed E-state index contributed by atoms with van der Waals surface area (Å²) in [4.78, 5) is 15.6. The van der Waals surface area contributed by atoms with Crippen LogP contribution in [0.1, 0.15) is 99.1 Å². The number of allylic oxidation sites excluding steroid dienone is 7. The van der Waals surface area contributed by atoms with E-state index in [2.05, 4.69) is 129 Å². The second-order valence-corrected chi connectivity index (χ2v) is 14.6. The van der Waals surface area contributed by atoms with Crippen LogP contribution in [0.3, 0.4) is 0 Å². The number of nitrogens with one attached hydrogen (secondary N) is 1. The summed E-state index contributed by atoms with van der Waals surface area (Å²) in [6, 6.07) is 17.5. The van der Waals surface area contributed by atoms with Crippen molar-refractivity contribution in [3.8, 4) is 0 Å². The molecule has 2 aromatic carbocycles. The number of ether oxygens (including phenoxy) is 1. The maximum absolute atomic E-state index is 13.1. The third-order valence-corrected chi connectivity index (χ3v) is 9.31. The van der Waals surface area contributed by atoms with Crippen molar-refractivity contribution in [2.75, 3.05) is 18.0 Å². The van der Waals surface area contributed by atoms with E-state index in [1.807, 2.05) is 20.8 Å². The van der Waals surface area contributed by atoms with Gasteiger partial charge in [-0.2, -0.15) is 4.58 Å². The molecule has 1 amide bonds. The summed E-state index contributed by atoms with van der Waals surface area (Å²) >= 11 is 0. The lowest BCUT2D eigenvalue weighted by Gasteiger charge is -2.26. The van der Waals surface area contributed by atoms with Crippen LogP contribution in [0.5, 0.6) is 0 Å². The van der Waals surface area contributed by atoms with Crippen LogP contribution in [0.25, 0.3) is 0 Å². The molecule has 5 heteroatoms. The summed E-state index contributed by atoms with van der Waals surface area (Å²) in [6.07, 6.45) is 12.4. The van der Waals surface area contributed by atoms with Crippen molar-refractivity contribution < 1.29 is 14.1 Å². The first-order valence-electron chi connectivity index (χ1n) is 16.7. The Bertz CT molecular complexity index is 1620. The van der Waals surface area contributed by atoms with Crippen LogP contribution in [0.15, 0.2) is 95.4 Å². The molecule has 0 unspecified atom stereocenters. The van der Waals surface area contributed by atoms with Gasteiger partial charge in [-0.3, -0.25) is 5.32 Å². The zero-order chi connectivity index (χ0) is 32.6. The monoisotopic (exact) mass is 606 g/mol. The van der Waals surface area contributed by atoms with Gasteiger partial charge in [-0.25, -0.2) is 4.79 Å². The van der Waals surface area contributed by atoms with Gasteiger partial charge in [0.2, 0.25) is 5.69 Å². The second-order valence-electron chi connectivity index (χ2n) is 14.6. The number of fused-ring (bicyclic) bond motifs is 2. The zero-order valence-corrected chi connectivity index (χ0v) is 28.9. The van der Waals surface area contributed by atoms with E-state index >= 15 is 0 Å². The number of carbonyl (C=O) groups is 1. The van der Waals surface area contributed by atoms with Crippen LogP contribution in [0, 0.1) is 0 Å². The highest BCUT2D eigenvalue weighted by Crippen LogP contribution is 2.48.